The smallest absolute Gasteiger partial charge is 0.0899 e. The lowest BCUT2D eigenvalue weighted by Gasteiger charge is -2.33. The fraction of sp³-hybridized carbons (Fsp3) is 0.294. The van der Waals surface area contributed by atoms with Crippen molar-refractivity contribution in [1.82, 2.24) is 0 Å². The van der Waals surface area contributed by atoms with Crippen LogP contribution in [-0.4, -0.2) is 20.4 Å². The van der Waals surface area contributed by atoms with E-state index in [9.17, 15) is 20.4 Å². The van der Waals surface area contributed by atoms with E-state index < -0.39 is 22.4 Å². The molecular formula is C34H40O4. The topological polar surface area (TPSA) is 80.9 Å². The maximum absolute atomic E-state index is 10.6. The van der Waals surface area contributed by atoms with Crippen molar-refractivity contribution in [3.05, 3.63) is 144 Å². The Labute approximate surface area is 226 Å². The van der Waals surface area contributed by atoms with E-state index in [-0.39, 0.29) is 12.8 Å². The van der Waals surface area contributed by atoms with Gasteiger partial charge in [-0.1, -0.05) is 121 Å². The van der Waals surface area contributed by atoms with Crippen LogP contribution in [0.5, 0.6) is 0 Å². The molecule has 4 atom stereocenters. The Morgan fingerprint density at radius 2 is 0.500 bits per heavy atom. The fourth-order valence-electron chi connectivity index (χ4n) is 4.94. The molecule has 4 nitrogen and oxygen atoms in total. The molecule has 0 aliphatic carbocycles. The van der Waals surface area contributed by atoms with Crippen molar-refractivity contribution < 1.29 is 20.4 Å². The predicted molar refractivity (Wildman–Crippen MR) is 153 cm³/mol. The molecule has 4 aromatic rings. The third-order valence-electron chi connectivity index (χ3n) is 6.96. The summed E-state index contributed by atoms with van der Waals surface area (Å²) >= 11 is 0. The SMILES string of the molecule is C[C@](O)(C[C@@](C)(O)c1ccccc1)c1ccccc1.C[C@](O)(C[C@@](C)(O)c1ccccc1)c1ccccc1. The molecule has 0 heterocycles. The van der Waals surface area contributed by atoms with Crippen LogP contribution in [0.2, 0.25) is 0 Å². The number of hydrogen-bond donors (Lipinski definition) is 4. The number of rotatable bonds is 8. The van der Waals surface area contributed by atoms with Gasteiger partial charge in [0, 0.05) is 12.8 Å². The van der Waals surface area contributed by atoms with E-state index in [2.05, 4.69) is 0 Å². The van der Waals surface area contributed by atoms with Crippen molar-refractivity contribution in [3.63, 3.8) is 0 Å². The molecule has 4 heteroatoms. The minimum absolute atomic E-state index is 0.244. The van der Waals surface area contributed by atoms with Gasteiger partial charge in [0.15, 0.2) is 0 Å². The van der Waals surface area contributed by atoms with Crippen molar-refractivity contribution in [2.45, 2.75) is 62.9 Å². The summed E-state index contributed by atoms with van der Waals surface area (Å²) in [6.45, 7) is 6.94. The van der Waals surface area contributed by atoms with Crippen molar-refractivity contribution in [3.8, 4) is 0 Å². The molecule has 38 heavy (non-hydrogen) atoms. The van der Waals surface area contributed by atoms with Crippen molar-refractivity contribution in [2.24, 2.45) is 0 Å². The van der Waals surface area contributed by atoms with Gasteiger partial charge in [-0.3, -0.25) is 0 Å². The lowest BCUT2D eigenvalue weighted by Crippen LogP contribution is -2.33. The van der Waals surface area contributed by atoms with Crippen LogP contribution in [0, 0.1) is 0 Å². The van der Waals surface area contributed by atoms with Gasteiger partial charge in [0.05, 0.1) is 22.4 Å². The van der Waals surface area contributed by atoms with E-state index in [1.807, 2.05) is 121 Å². The Morgan fingerprint density at radius 3 is 0.658 bits per heavy atom. The van der Waals surface area contributed by atoms with Crippen LogP contribution in [0.15, 0.2) is 121 Å². The summed E-state index contributed by atoms with van der Waals surface area (Å²) in [7, 11) is 0. The summed E-state index contributed by atoms with van der Waals surface area (Å²) in [6.07, 6.45) is 0.488. The molecule has 0 spiro atoms. The normalized spacial score (nSPS) is 17.5. The minimum atomic E-state index is -1.07. The van der Waals surface area contributed by atoms with Crippen LogP contribution in [0.3, 0.4) is 0 Å². The lowest BCUT2D eigenvalue weighted by molar-refractivity contribution is -0.0533. The maximum Gasteiger partial charge on any atom is 0.0899 e. The second-order valence-electron chi connectivity index (χ2n) is 10.9. The average Bonchev–Trinajstić information content (AvgIpc) is 2.90. The first kappa shape index (κ1) is 29.3. The van der Waals surface area contributed by atoms with Gasteiger partial charge in [-0.2, -0.15) is 0 Å². The molecule has 0 unspecified atom stereocenters. The quantitative estimate of drug-likeness (QED) is 0.221. The van der Waals surface area contributed by atoms with Crippen molar-refractivity contribution in [1.29, 1.82) is 0 Å². The van der Waals surface area contributed by atoms with E-state index >= 15 is 0 Å². The number of hydrogen-bond acceptors (Lipinski definition) is 4. The van der Waals surface area contributed by atoms with Gasteiger partial charge in [0.1, 0.15) is 0 Å². The zero-order chi connectivity index (χ0) is 27.9. The van der Waals surface area contributed by atoms with E-state index in [0.717, 1.165) is 22.3 Å². The molecule has 0 bridgehead atoms. The summed E-state index contributed by atoms with van der Waals surface area (Å²) in [5, 5.41) is 42.5. The molecule has 0 saturated heterocycles. The van der Waals surface area contributed by atoms with E-state index in [1.165, 1.54) is 0 Å². The highest BCUT2D eigenvalue weighted by molar-refractivity contribution is 5.27. The monoisotopic (exact) mass is 512 g/mol. The zero-order valence-electron chi connectivity index (χ0n) is 22.8. The first-order valence-electron chi connectivity index (χ1n) is 13.0. The second-order valence-corrected chi connectivity index (χ2v) is 10.9. The van der Waals surface area contributed by atoms with Crippen molar-refractivity contribution >= 4 is 0 Å². The van der Waals surface area contributed by atoms with Gasteiger partial charge in [-0.15, -0.1) is 0 Å². The van der Waals surface area contributed by atoms with Crippen LogP contribution in [-0.2, 0) is 22.4 Å². The third-order valence-corrected chi connectivity index (χ3v) is 6.96. The molecule has 4 N–H and O–H groups in total. The second kappa shape index (κ2) is 12.1. The number of aliphatic hydroxyl groups is 4. The van der Waals surface area contributed by atoms with Gasteiger partial charge < -0.3 is 20.4 Å². The molecule has 4 aromatic carbocycles. The van der Waals surface area contributed by atoms with Crippen LogP contribution in [0.1, 0.15) is 62.8 Å². The van der Waals surface area contributed by atoms with Crippen LogP contribution in [0.25, 0.3) is 0 Å². The predicted octanol–water partition coefficient (Wildman–Crippen LogP) is 6.38. The standard InChI is InChI=1S/2C17H20O2/c2*1-16(18,14-9-5-3-6-10-14)13-17(2,19)15-11-7-4-8-12-15/h2*3-12,18-19H,13H2,1-2H3/t2*16-,17+. The number of benzene rings is 4. The van der Waals surface area contributed by atoms with Gasteiger partial charge in [-0.25, -0.2) is 0 Å². The van der Waals surface area contributed by atoms with Gasteiger partial charge in [0.25, 0.3) is 0 Å². The Hall–Kier alpha value is -3.28. The summed E-state index contributed by atoms with van der Waals surface area (Å²) in [4.78, 5) is 0. The molecule has 0 aliphatic rings. The molecular weight excluding hydrogens is 472 g/mol. The highest BCUT2D eigenvalue weighted by Gasteiger charge is 2.35. The van der Waals surface area contributed by atoms with Crippen LogP contribution in [0.4, 0.5) is 0 Å². The highest BCUT2D eigenvalue weighted by Crippen LogP contribution is 2.36. The molecule has 0 aliphatic heterocycles. The summed E-state index contributed by atoms with van der Waals surface area (Å²) in [6, 6.07) is 37.8. The minimum Gasteiger partial charge on any atom is -0.385 e. The van der Waals surface area contributed by atoms with E-state index in [4.69, 9.17) is 0 Å². The molecule has 0 radical (unpaired) electrons. The van der Waals surface area contributed by atoms with Crippen LogP contribution >= 0.6 is 0 Å². The van der Waals surface area contributed by atoms with Gasteiger partial charge in [0.2, 0.25) is 0 Å². The first-order chi connectivity index (χ1) is 17.8. The first-order valence-corrected chi connectivity index (χ1v) is 13.0. The Bertz CT molecular complexity index is 1030. The molecule has 200 valence electrons. The molecule has 0 saturated carbocycles. The maximum atomic E-state index is 10.6. The Kier molecular flexibility index (Phi) is 9.29. The Balaban J connectivity index is 0.000000211. The fourth-order valence-corrected chi connectivity index (χ4v) is 4.94. The highest BCUT2D eigenvalue weighted by atomic mass is 16.3. The molecule has 0 aromatic heterocycles. The average molecular weight is 513 g/mol. The van der Waals surface area contributed by atoms with Gasteiger partial charge in [-0.05, 0) is 49.9 Å². The van der Waals surface area contributed by atoms with Gasteiger partial charge >= 0.3 is 0 Å². The lowest BCUT2D eigenvalue weighted by atomic mass is 9.81. The third kappa shape index (κ3) is 7.86. The van der Waals surface area contributed by atoms with Crippen LogP contribution < -0.4 is 0 Å². The largest absolute Gasteiger partial charge is 0.385 e. The molecule has 4 rings (SSSR count). The van der Waals surface area contributed by atoms with E-state index in [1.54, 1.807) is 27.7 Å². The molecule has 0 amide bonds. The summed E-state index contributed by atoms with van der Waals surface area (Å²) in [5.74, 6) is 0. The van der Waals surface area contributed by atoms with Crippen molar-refractivity contribution in [2.75, 3.05) is 0 Å². The Morgan fingerprint density at radius 1 is 0.342 bits per heavy atom. The molecule has 0 fully saturated rings. The zero-order valence-corrected chi connectivity index (χ0v) is 22.8. The summed E-state index contributed by atoms with van der Waals surface area (Å²) in [5.41, 5.74) is -1.03. The summed E-state index contributed by atoms with van der Waals surface area (Å²) < 4.78 is 0. The van der Waals surface area contributed by atoms with E-state index in [0.29, 0.717) is 0 Å².